The van der Waals surface area contributed by atoms with E-state index in [1.165, 1.54) is 11.8 Å². The van der Waals surface area contributed by atoms with Gasteiger partial charge in [0.1, 0.15) is 0 Å². The van der Waals surface area contributed by atoms with Crippen LogP contribution in [0.1, 0.15) is 0 Å². The monoisotopic (exact) mass is 243 g/mol. The summed E-state index contributed by atoms with van der Waals surface area (Å²) in [4.78, 5) is 8.12. The third kappa shape index (κ3) is 6.02. The normalized spacial score (nSPS) is 12.6. The minimum atomic E-state index is -0.398. The summed E-state index contributed by atoms with van der Waals surface area (Å²) in [6, 6.07) is 1.77. The van der Waals surface area contributed by atoms with E-state index in [0.717, 1.165) is 6.54 Å². The third-order valence-corrected chi connectivity index (χ3v) is 2.83. The zero-order valence-electron chi connectivity index (χ0n) is 9.30. The Kier molecular flexibility index (Phi) is 7.07. The smallest absolute Gasteiger partial charge is 0.187 e. The number of aromatic nitrogens is 2. The topological polar surface area (TPSA) is 67.3 Å². The molecule has 1 heterocycles. The molecule has 0 saturated carbocycles. The second kappa shape index (κ2) is 8.46. The Morgan fingerprint density at radius 2 is 2.25 bits per heavy atom. The van der Waals surface area contributed by atoms with Crippen molar-refractivity contribution in [1.82, 2.24) is 15.3 Å². The van der Waals surface area contributed by atoms with Gasteiger partial charge in [-0.3, -0.25) is 0 Å². The van der Waals surface area contributed by atoms with Gasteiger partial charge in [-0.1, -0.05) is 11.8 Å². The first-order valence-electron chi connectivity index (χ1n) is 5.10. The van der Waals surface area contributed by atoms with Gasteiger partial charge in [0.05, 0.1) is 12.7 Å². The van der Waals surface area contributed by atoms with Crippen molar-refractivity contribution in [3.05, 3.63) is 18.5 Å². The van der Waals surface area contributed by atoms with Crippen LogP contribution < -0.4 is 5.32 Å². The Hall–Kier alpha value is -0.690. The SMILES string of the molecule is COCCNCC(O)CSc1ncccn1. The summed E-state index contributed by atoms with van der Waals surface area (Å²) in [7, 11) is 1.65. The minimum absolute atomic E-state index is 0.398. The van der Waals surface area contributed by atoms with Crippen LogP contribution in [0.4, 0.5) is 0 Å². The van der Waals surface area contributed by atoms with E-state index in [-0.39, 0.29) is 0 Å². The highest BCUT2D eigenvalue weighted by atomic mass is 32.2. The van der Waals surface area contributed by atoms with Gasteiger partial charge in [0.15, 0.2) is 5.16 Å². The van der Waals surface area contributed by atoms with E-state index in [0.29, 0.717) is 24.1 Å². The number of hydrogen-bond donors (Lipinski definition) is 2. The number of aliphatic hydroxyl groups is 1. The van der Waals surface area contributed by atoms with Gasteiger partial charge in [-0.05, 0) is 6.07 Å². The van der Waals surface area contributed by atoms with Gasteiger partial charge >= 0.3 is 0 Å². The van der Waals surface area contributed by atoms with E-state index < -0.39 is 6.10 Å². The number of nitrogens with one attached hydrogen (secondary N) is 1. The van der Waals surface area contributed by atoms with Crippen LogP contribution in [0.3, 0.4) is 0 Å². The Balaban J connectivity index is 2.08. The molecule has 0 amide bonds. The first kappa shape index (κ1) is 13.4. The van der Waals surface area contributed by atoms with Gasteiger partial charge in [-0.15, -0.1) is 0 Å². The Bertz CT molecular complexity index is 274. The molecule has 0 aliphatic heterocycles. The second-order valence-electron chi connectivity index (χ2n) is 3.19. The first-order chi connectivity index (χ1) is 7.83. The van der Waals surface area contributed by atoms with Crippen molar-refractivity contribution >= 4 is 11.8 Å². The fraction of sp³-hybridized carbons (Fsp3) is 0.600. The molecule has 1 aromatic rings. The summed E-state index contributed by atoms with van der Waals surface area (Å²) in [6.45, 7) is 1.96. The molecule has 0 aromatic carbocycles. The average Bonchev–Trinajstić information content (AvgIpc) is 2.33. The van der Waals surface area contributed by atoms with Gasteiger partial charge in [-0.2, -0.15) is 0 Å². The van der Waals surface area contributed by atoms with Crippen LogP contribution in [0.5, 0.6) is 0 Å². The molecule has 1 unspecified atom stereocenters. The summed E-state index contributed by atoms with van der Waals surface area (Å²) < 4.78 is 4.88. The highest BCUT2D eigenvalue weighted by molar-refractivity contribution is 7.99. The molecule has 0 aliphatic rings. The Morgan fingerprint density at radius 3 is 2.94 bits per heavy atom. The molecule has 0 bridgehead atoms. The van der Waals surface area contributed by atoms with Gasteiger partial charge in [-0.25, -0.2) is 9.97 Å². The Labute approximate surface area is 99.6 Å². The molecule has 90 valence electrons. The average molecular weight is 243 g/mol. The molecule has 0 saturated heterocycles. The minimum Gasteiger partial charge on any atom is -0.391 e. The molecule has 5 nitrogen and oxygen atoms in total. The number of aliphatic hydroxyl groups excluding tert-OH is 1. The maximum atomic E-state index is 9.63. The molecular formula is C10H17N3O2S. The van der Waals surface area contributed by atoms with Gasteiger partial charge in [0, 0.05) is 38.3 Å². The van der Waals surface area contributed by atoms with E-state index >= 15 is 0 Å². The van der Waals surface area contributed by atoms with Crippen molar-refractivity contribution in [2.75, 3.05) is 32.6 Å². The van der Waals surface area contributed by atoms with Crippen LogP contribution >= 0.6 is 11.8 Å². The molecule has 1 atom stereocenters. The largest absolute Gasteiger partial charge is 0.391 e. The summed E-state index contributed by atoms with van der Waals surface area (Å²) in [5.41, 5.74) is 0. The van der Waals surface area contributed by atoms with E-state index in [1.807, 2.05) is 0 Å². The van der Waals surface area contributed by atoms with Crippen molar-refractivity contribution < 1.29 is 9.84 Å². The van der Waals surface area contributed by atoms with E-state index in [9.17, 15) is 5.11 Å². The van der Waals surface area contributed by atoms with Gasteiger partial charge < -0.3 is 15.2 Å². The standard InChI is InChI=1S/C10H17N3O2S/c1-15-6-5-11-7-9(14)8-16-10-12-3-2-4-13-10/h2-4,9,11,14H,5-8H2,1H3. The molecule has 16 heavy (non-hydrogen) atoms. The van der Waals surface area contributed by atoms with Crippen LogP contribution in [-0.2, 0) is 4.74 Å². The molecule has 0 spiro atoms. The molecule has 1 aromatic heterocycles. The second-order valence-corrected chi connectivity index (χ2v) is 4.18. The van der Waals surface area contributed by atoms with Crippen molar-refractivity contribution in [2.45, 2.75) is 11.3 Å². The van der Waals surface area contributed by atoms with Crippen LogP contribution in [-0.4, -0.2) is 53.7 Å². The number of hydrogen-bond acceptors (Lipinski definition) is 6. The van der Waals surface area contributed by atoms with E-state index in [1.54, 1.807) is 25.6 Å². The third-order valence-electron chi connectivity index (χ3n) is 1.81. The van der Waals surface area contributed by atoms with Crippen molar-refractivity contribution in [3.8, 4) is 0 Å². The molecule has 0 aliphatic carbocycles. The van der Waals surface area contributed by atoms with E-state index in [4.69, 9.17) is 4.74 Å². The predicted molar refractivity (Wildman–Crippen MR) is 63.5 cm³/mol. The lowest BCUT2D eigenvalue weighted by Gasteiger charge is -2.10. The Morgan fingerprint density at radius 1 is 1.50 bits per heavy atom. The van der Waals surface area contributed by atoms with Crippen molar-refractivity contribution in [1.29, 1.82) is 0 Å². The lowest BCUT2D eigenvalue weighted by Crippen LogP contribution is -2.30. The van der Waals surface area contributed by atoms with Crippen LogP contribution in [0.25, 0.3) is 0 Å². The molecule has 6 heteroatoms. The molecular weight excluding hydrogens is 226 g/mol. The number of rotatable bonds is 8. The molecule has 0 fully saturated rings. The number of ether oxygens (including phenoxy) is 1. The number of methoxy groups -OCH3 is 1. The summed E-state index contributed by atoms with van der Waals surface area (Å²) in [5.74, 6) is 0.587. The summed E-state index contributed by atoms with van der Waals surface area (Å²) >= 11 is 1.45. The summed E-state index contributed by atoms with van der Waals surface area (Å²) in [6.07, 6.45) is 2.99. The summed E-state index contributed by atoms with van der Waals surface area (Å²) in [5, 5.41) is 13.4. The van der Waals surface area contributed by atoms with Crippen LogP contribution in [0, 0.1) is 0 Å². The maximum absolute atomic E-state index is 9.63. The lowest BCUT2D eigenvalue weighted by atomic mass is 10.4. The van der Waals surface area contributed by atoms with Crippen LogP contribution in [0.2, 0.25) is 0 Å². The first-order valence-corrected chi connectivity index (χ1v) is 6.09. The van der Waals surface area contributed by atoms with E-state index in [2.05, 4.69) is 15.3 Å². The fourth-order valence-electron chi connectivity index (χ4n) is 1.03. The molecule has 0 radical (unpaired) electrons. The zero-order chi connectivity index (χ0) is 11.6. The highest BCUT2D eigenvalue weighted by Crippen LogP contribution is 2.11. The highest BCUT2D eigenvalue weighted by Gasteiger charge is 2.05. The van der Waals surface area contributed by atoms with Crippen molar-refractivity contribution in [3.63, 3.8) is 0 Å². The fourth-order valence-corrected chi connectivity index (χ4v) is 1.76. The van der Waals surface area contributed by atoms with Gasteiger partial charge in [0.2, 0.25) is 0 Å². The van der Waals surface area contributed by atoms with Crippen LogP contribution in [0.15, 0.2) is 23.6 Å². The predicted octanol–water partition coefficient (Wildman–Crippen LogP) is 0.166. The number of thioether (sulfide) groups is 1. The zero-order valence-corrected chi connectivity index (χ0v) is 10.1. The lowest BCUT2D eigenvalue weighted by molar-refractivity contribution is 0.175. The van der Waals surface area contributed by atoms with Crippen molar-refractivity contribution in [2.24, 2.45) is 0 Å². The molecule has 2 N–H and O–H groups in total. The molecule has 1 rings (SSSR count). The quantitative estimate of drug-likeness (QED) is 0.385. The number of nitrogens with zero attached hydrogens (tertiary/aromatic N) is 2. The van der Waals surface area contributed by atoms with Gasteiger partial charge in [0.25, 0.3) is 0 Å². The maximum Gasteiger partial charge on any atom is 0.187 e.